The van der Waals surface area contributed by atoms with Crippen LogP contribution in [0, 0.1) is 11.8 Å². The molecule has 2 N–H and O–H groups in total. The van der Waals surface area contributed by atoms with E-state index in [1.54, 1.807) is 0 Å². The molecule has 1 aromatic carbocycles. The van der Waals surface area contributed by atoms with E-state index < -0.39 is 11.9 Å². The van der Waals surface area contributed by atoms with Crippen LogP contribution < -0.4 is 9.80 Å². The second-order valence-electron chi connectivity index (χ2n) is 14.2. The van der Waals surface area contributed by atoms with Gasteiger partial charge in [0.05, 0.1) is 17.9 Å². The summed E-state index contributed by atoms with van der Waals surface area (Å²) in [7, 11) is 0. The van der Waals surface area contributed by atoms with Gasteiger partial charge in [-0.15, -0.1) is 0 Å². The molecular formula is C34H48N4O4. The van der Waals surface area contributed by atoms with Gasteiger partial charge in [-0.05, 0) is 93.9 Å². The number of nitrogens with zero attached hydrogens (tertiary/aromatic N) is 4. The van der Waals surface area contributed by atoms with Crippen molar-refractivity contribution < 1.29 is 19.8 Å². The summed E-state index contributed by atoms with van der Waals surface area (Å²) < 4.78 is 0. The Morgan fingerprint density at radius 3 is 2.05 bits per heavy atom. The summed E-state index contributed by atoms with van der Waals surface area (Å²) in [6.07, 6.45) is 17.8. The van der Waals surface area contributed by atoms with Gasteiger partial charge in [0.2, 0.25) is 0 Å². The zero-order valence-corrected chi connectivity index (χ0v) is 25.0. The van der Waals surface area contributed by atoms with E-state index in [9.17, 15) is 19.8 Å². The summed E-state index contributed by atoms with van der Waals surface area (Å²) in [6, 6.07) is 10.6. The highest BCUT2D eigenvalue weighted by Gasteiger charge is 2.48. The smallest absolute Gasteiger partial charge is 0.323 e. The fraction of sp³-hybridized carbons (Fsp3) is 0.706. The Morgan fingerprint density at radius 1 is 0.714 bits per heavy atom. The number of anilines is 2. The maximum absolute atomic E-state index is 12.2. The largest absolute Gasteiger partial charge is 0.480 e. The van der Waals surface area contributed by atoms with E-state index >= 15 is 0 Å². The lowest BCUT2D eigenvalue weighted by molar-refractivity contribution is -0.138. The topological polar surface area (TPSA) is 87.6 Å². The van der Waals surface area contributed by atoms with Crippen LogP contribution in [0.3, 0.4) is 0 Å². The number of carboxylic acids is 2. The Kier molecular flexibility index (Phi) is 7.95. The number of benzene rings is 1. The molecule has 4 atom stereocenters. The van der Waals surface area contributed by atoms with Crippen LogP contribution in [-0.4, -0.2) is 82.3 Å². The van der Waals surface area contributed by atoms with Crippen LogP contribution in [-0.2, 0) is 9.59 Å². The van der Waals surface area contributed by atoms with Crippen LogP contribution in [0.25, 0.3) is 0 Å². The Hall–Kier alpha value is -2.58. The molecule has 1 aromatic rings. The summed E-state index contributed by atoms with van der Waals surface area (Å²) >= 11 is 0. The van der Waals surface area contributed by atoms with Gasteiger partial charge in [0.1, 0.15) is 12.4 Å². The van der Waals surface area contributed by atoms with Crippen molar-refractivity contribution in [2.24, 2.45) is 11.8 Å². The molecule has 5 fully saturated rings. The van der Waals surface area contributed by atoms with E-state index in [1.165, 1.54) is 69.8 Å². The molecule has 3 saturated heterocycles. The highest BCUT2D eigenvalue weighted by Crippen LogP contribution is 2.50. The van der Waals surface area contributed by atoms with Crippen LogP contribution in [0.1, 0.15) is 89.9 Å². The van der Waals surface area contributed by atoms with Crippen LogP contribution in [0.2, 0.25) is 0 Å². The van der Waals surface area contributed by atoms with Crippen molar-refractivity contribution in [1.82, 2.24) is 9.80 Å². The van der Waals surface area contributed by atoms with E-state index in [1.807, 2.05) is 15.9 Å². The van der Waals surface area contributed by atoms with Crippen molar-refractivity contribution in [3.05, 3.63) is 35.7 Å². The number of likely N-dealkylation sites (tertiary alicyclic amines) is 1. The lowest BCUT2D eigenvalue weighted by Crippen LogP contribution is -2.61. The average Bonchev–Trinajstić information content (AvgIpc) is 3.17. The molecule has 0 aromatic heterocycles. The molecule has 0 amide bonds. The van der Waals surface area contributed by atoms with Crippen LogP contribution in [0.15, 0.2) is 35.7 Å². The lowest BCUT2D eigenvalue weighted by atomic mass is 9.73. The van der Waals surface area contributed by atoms with Crippen LogP contribution in [0.4, 0.5) is 11.4 Å². The van der Waals surface area contributed by atoms with Crippen LogP contribution in [0.5, 0.6) is 0 Å². The average molecular weight is 577 g/mol. The number of hydrogen-bond acceptors (Lipinski definition) is 6. The Balaban J connectivity index is 1.21. The first-order valence-electron chi connectivity index (χ1n) is 16.8. The molecule has 2 aliphatic carbocycles. The maximum atomic E-state index is 12.2. The number of carboxylic acid groups (broad SMARTS) is 2. The Bertz CT molecular complexity index is 1190. The maximum Gasteiger partial charge on any atom is 0.323 e. The molecule has 4 bridgehead atoms. The summed E-state index contributed by atoms with van der Waals surface area (Å²) in [6.45, 7) is 1.29. The number of rotatable bonds is 6. The van der Waals surface area contributed by atoms with Gasteiger partial charge in [0.15, 0.2) is 0 Å². The zero-order valence-electron chi connectivity index (χ0n) is 25.0. The lowest BCUT2D eigenvalue weighted by Gasteiger charge is -2.56. The third-order valence-electron chi connectivity index (χ3n) is 11.4. The monoisotopic (exact) mass is 576 g/mol. The van der Waals surface area contributed by atoms with E-state index in [0.717, 1.165) is 67.3 Å². The number of para-hydroxylation sites is 2. The minimum Gasteiger partial charge on any atom is -0.480 e. The molecule has 7 rings (SSSR count). The first kappa shape index (κ1) is 28.2. The van der Waals surface area contributed by atoms with Gasteiger partial charge in [-0.1, -0.05) is 44.2 Å². The van der Waals surface area contributed by atoms with Gasteiger partial charge in [0, 0.05) is 30.7 Å². The molecule has 6 aliphatic rings. The summed E-state index contributed by atoms with van der Waals surface area (Å²) in [4.78, 5) is 33.3. The van der Waals surface area contributed by atoms with E-state index in [-0.39, 0.29) is 13.1 Å². The van der Waals surface area contributed by atoms with Gasteiger partial charge in [-0.3, -0.25) is 19.4 Å². The van der Waals surface area contributed by atoms with Gasteiger partial charge >= 0.3 is 11.9 Å². The molecule has 42 heavy (non-hydrogen) atoms. The van der Waals surface area contributed by atoms with Gasteiger partial charge in [-0.25, -0.2) is 0 Å². The van der Waals surface area contributed by atoms with Crippen LogP contribution >= 0.6 is 0 Å². The quantitative estimate of drug-likeness (QED) is 0.457. The second-order valence-corrected chi connectivity index (χ2v) is 14.2. The molecule has 4 aliphatic heterocycles. The first-order chi connectivity index (χ1) is 20.4. The normalized spacial score (nSPS) is 35.5. The standard InChI is InChI=1S/C34H48N4O4/c39-32(40)21-35-14-6-9-25(20-35)34-36(22-33(41)42)30-12-3-4-13-31(30)38(34)29-18-26-10-5-11-27(19-29)37(26)28-16-23-7-1-2-8-24(15-23)17-28/h3-4,12-13,23-24,26-29H,1-2,5-11,14-22H2,(H,39,40)(H,41,42). The molecule has 8 nitrogen and oxygen atoms in total. The molecule has 8 heteroatoms. The highest BCUT2D eigenvalue weighted by molar-refractivity contribution is 5.88. The van der Waals surface area contributed by atoms with E-state index in [0.29, 0.717) is 24.7 Å². The van der Waals surface area contributed by atoms with Crippen molar-refractivity contribution in [3.63, 3.8) is 0 Å². The molecule has 4 unspecified atom stereocenters. The number of aliphatic carboxylic acids is 2. The molecule has 2 saturated carbocycles. The fourth-order valence-electron chi connectivity index (χ4n) is 10.0. The number of piperidine rings is 3. The fourth-order valence-corrected chi connectivity index (χ4v) is 10.0. The van der Waals surface area contributed by atoms with Crippen molar-refractivity contribution in [2.45, 2.75) is 114 Å². The summed E-state index contributed by atoms with van der Waals surface area (Å²) in [5.41, 5.74) is 3.28. The molecular weight excluding hydrogens is 528 g/mol. The van der Waals surface area contributed by atoms with Gasteiger partial charge in [-0.2, -0.15) is 0 Å². The third kappa shape index (κ3) is 5.45. The Morgan fingerprint density at radius 2 is 1.38 bits per heavy atom. The van der Waals surface area contributed by atoms with Crippen molar-refractivity contribution >= 4 is 23.3 Å². The van der Waals surface area contributed by atoms with Crippen molar-refractivity contribution in [3.8, 4) is 0 Å². The zero-order chi connectivity index (χ0) is 28.8. The minimum atomic E-state index is -0.839. The SMILES string of the molecule is O=C(O)CN1CCCC(=C2N(CC(=O)O)c3ccccc3N2C2CC3CCCC(C2)N3C2CC3CCCCC(C3)C2)C1. The van der Waals surface area contributed by atoms with Gasteiger partial charge in [0.25, 0.3) is 0 Å². The van der Waals surface area contributed by atoms with E-state index in [2.05, 4.69) is 28.0 Å². The highest BCUT2D eigenvalue weighted by atomic mass is 16.4. The molecule has 228 valence electrons. The predicted octanol–water partition coefficient (Wildman–Crippen LogP) is 5.53. The minimum absolute atomic E-state index is 0.0224. The predicted molar refractivity (Wildman–Crippen MR) is 164 cm³/mol. The molecule has 0 spiro atoms. The molecule has 0 radical (unpaired) electrons. The first-order valence-corrected chi connectivity index (χ1v) is 16.8. The second kappa shape index (κ2) is 11.8. The number of fused-ring (bicyclic) bond motifs is 5. The number of hydrogen-bond donors (Lipinski definition) is 2. The number of carbonyl (C=O) groups is 2. The van der Waals surface area contributed by atoms with Gasteiger partial charge < -0.3 is 20.0 Å². The van der Waals surface area contributed by atoms with Crippen molar-refractivity contribution in [2.75, 3.05) is 36.0 Å². The third-order valence-corrected chi connectivity index (χ3v) is 11.4. The molecule has 4 heterocycles. The van der Waals surface area contributed by atoms with Crippen molar-refractivity contribution in [1.29, 1.82) is 0 Å². The summed E-state index contributed by atoms with van der Waals surface area (Å²) in [5.74, 6) is 1.21. The van der Waals surface area contributed by atoms with E-state index in [4.69, 9.17) is 0 Å². The summed E-state index contributed by atoms with van der Waals surface area (Å²) in [5, 5.41) is 19.5. The Labute approximate surface area is 250 Å².